The van der Waals surface area contributed by atoms with Gasteiger partial charge in [-0.05, 0) is 62.3 Å². The van der Waals surface area contributed by atoms with Crippen molar-refractivity contribution in [1.82, 2.24) is 24.2 Å². The highest BCUT2D eigenvalue weighted by molar-refractivity contribution is 5.82. The molecule has 0 fully saturated rings. The van der Waals surface area contributed by atoms with Crippen LogP contribution in [-0.2, 0) is 24.8 Å². The summed E-state index contributed by atoms with van der Waals surface area (Å²) in [6, 6.07) is 14.9. The third-order valence-corrected chi connectivity index (χ3v) is 6.96. The zero-order valence-electron chi connectivity index (χ0n) is 21.7. The predicted octanol–water partition coefficient (Wildman–Crippen LogP) is 4.84. The van der Waals surface area contributed by atoms with Gasteiger partial charge in [0.05, 0.1) is 17.4 Å². The van der Waals surface area contributed by atoms with Crippen LogP contribution in [0.5, 0.6) is 0 Å². The highest BCUT2D eigenvalue weighted by Crippen LogP contribution is 2.29. The number of anilines is 2. The fourth-order valence-corrected chi connectivity index (χ4v) is 4.89. The second-order valence-corrected chi connectivity index (χ2v) is 10.8. The quantitative estimate of drug-likeness (QED) is 0.399. The minimum Gasteiger partial charge on any atom is -0.340 e. The molecule has 186 valence electrons. The van der Waals surface area contributed by atoms with Crippen LogP contribution < -0.4 is 10.9 Å². The molecule has 0 radical (unpaired) electrons. The normalized spacial score (nSPS) is 15.4. The molecule has 0 amide bonds. The topological polar surface area (TPSA) is 68.0 Å². The van der Waals surface area contributed by atoms with Crippen LogP contribution in [-0.4, -0.2) is 44.4 Å². The standard InChI is InChI=1S/C29H34N6O/c1-7-13-34-28(36)23-18-30-26(31-21-12-11-19-15-22(33(5)6)16-20(19)14-21)17-24(23)35(34)27-10-8-9-25(32-27)29(2,3)4/h7-12,14,17-18,22H,1,13,15-16H2,2-6H3,(H,30,31). The number of likely N-dealkylation sites (N-methyl/N-ethyl adjacent to an activating group) is 1. The van der Waals surface area contributed by atoms with Gasteiger partial charge in [-0.25, -0.2) is 19.3 Å². The highest BCUT2D eigenvalue weighted by Gasteiger charge is 2.23. The zero-order valence-corrected chi connectivity index (χ0v) is 21.7. The number of allylic oxidation sites excluding steroid dienone is 1. The van der Waals surface area contributed by atoms with Gasteiger partial charge in [-0.3, -0.25) is 4.79 Å². The van der Waals surface area contributed by atoms with Crippen molar-refractivity contribution in [1.29, 1.82) is 0 Å². The van der Waals surface area contributed by atoms with Gasteiger partial charge in [-0.15, -0.1) is 6.58 Å². The minimum absolute atomic E-state index is 0.112. The molecule has 7 heteroatoms. The maximum atomic E-state index is 13.3. The molecule has 3 aromatic heterocycles. The lowest BCUT2D eigenvalue weighted by molar-refractivity contribution is 0.303. The van der Waals surface area contributed by atoms with Gasteiger partial charge < -0.3 is 10.2 Å². The summed E-state index contributed by atoms with van der Waals surface area (Å²) < 4.78 is 3.54. The van der Waals surface area contributed by atoms with Gasteiger partial charge in [0, 0.05) is 35.1 Å². The van der Waals surface area contributed by atoms with Crippen molar-refractivity contribution in [2.24, 2.45) is 0 Å². The van der Waals surface area contributed by atoms with Gasteiger partial charge in [-0.2, -0.15) is 0 Å². The van der Waals surface area contributed by atoms with Gasteiger partial charge in [0.2, 0.25) is 0 Å². The summed E-state index contributed by atoms with van der Waals surface area (Å²) in [4.78, 5) is 25.1. The minimum atomic E-state index is -0.115. The van der Waals surface area contributed by atoms with E-state index in [0.29, 0.717) is 29.6 Å². The van der Waals surface area contributed by atoms with E-state index in [1.54, 1.807) is 17.0 Å². The van der Waals surface area contributed by atoms with E-state index in [1.807, 2.05) is 28.9 Å². The molecule has 1 unspecified atom stereocenters. The van der Waals surface area contributed by atoms with Gasteiger partial charge >= 0.3 is 0 Å². The third kappa shape index (κ3) is 4.35. The average molecular weight is 483 g/mol. The van der Waals surface area contributed by atoms with E-state index in [2.05, 4.69) is 74.8 Å². The molecule has 7 nitrogen and oxygen atoms in total. The molecule has 0 saturated heterocycles. The highest BCUT2D eigenvalue weighted by atomic mass is 16.1. The summed E-state index contributed by atoms with van der Waals surface area (Å²) in [7, 11) is 4.28. The number of hydrogen-bond donors (Lipinski definition) is 1. The first-order chi connectivity index (χ1) is 17.2. The summed E-state index contributed by atoms with van der Waals surface area (Å²) >= 11 is 0. The summed E-state index contributed by atoms with van der Waals surface area (Å²) in [6.45, 7) is 10.6. The van der Waals surface area contributed by atoms with E-state index in [1.165, 1.54) is 11.1 Å². The molecule has 1 N–H and O–H groups in total. The molecule has 0 aliphatic heterocycles. The van der Waals surface area contributed by atoms with Crippen molar-refractivity contribution < 1.29 is 0 Å². The SMILES string of the molecule is C=CCn1c(=O)c2cnc(Nc3ccc4c(c3)CC(N(C)C)C4)cc2n1-c1cccc(C(C)(C)C)n1. The van der Waals surface area contributed by atoms with Gasteiger partial charge in [0.25, 0.3) is 5.56 Å². The fraction of sp³-hybridized carbons (Fsp3) is 0.345. The Hall–Kier alpha value is -3.71. The van der Waals surface area contributed by atoms with Crippen molar-refractivity contribution in [2.45, 2.75) is 51.6 Å². The average Bonchev–Trinajstić information content (AvgIpc) is 3.38. The number of fused-ring (bicyclic) bond motifs is 2. The molecule has 3 heterocycles. The van der Waals surface area contributed by atoms with Crippen molar-refractivity contribution in [2.75, 3.05) is 19.4 Å². The van der Waals surface area contributed by atoms with Crippen LogP contribution in [0.3, 0.4) is 0 Å². The van der Waals surface area contributed by atoms with Crippen molar-refractivity contribution in [3.05, 3.63) is 88.5 Å². The molecule has 4 aromatic rings. The van der Waals surface area contributed by atoms with E-state index in [-0.39, 0.29) is 11.0 Å². The number of nitrogens with one attached hydrogen (secondary N) is 1. The molecule has 5 rings (SSSR count). The Bertz CT molecular complexity index is 1500. The Morgan fingerprint density at radius 2 is 1.92 bits per heavy atom. The van der Waals surface area contributed by atoms with Crippen LogP contribution in [0, 0.1) is 0 Å². The van der Waals surface area contributed by atoms with Crippen molar-refractivity contribution >= 4 is 22.4 Å². The Morgan fingerprint density at radius 1 is 1.14 bits per heavy atom. The number of aromatic nitrogens is 4. The Balaban J connectivity index is 1.57. The molecule has 0 spiro atoms. The number of pyridine rings is 2. The first kappa shape index (κ1) is 24.0. The van der Waals surface area contributed by atoms with Gasteiger partial charge in [-0.1, -0.05) is 39.0 Å². The van der Waals surface area contributed by atoms with E-state index >= 15 is 0 Å². The maximum absolute atomic E-state index is 13.3. The lowest BCUT2D eigenvalue weighted by Crippen LogP contribution is -2.27. The zero-order chi connectivity index (χ0) is 25.6. The van der Waals surface area contributed by atoms with Crippen LogP contribution in [0.25, 0.3) is 16.7 Å². The van der Waals surface area contributed by atoms with E-state index in [0.717, 1.165) is 29.7 Å². The Labute approximate surface area is 212 Å². The van der Waals surface area contributed by atoms with Crippen LogP contribution in [0.4, 0.5) is 11.5 Å². The van der Waals surface area contributed by atoms with E-state index in [4.69, 9.17) is 4.98 Å². The molecule has 1 atom stereocenters. The Kier molecular flexibility index (Phi) is 6.04. The molecule has 0 saturated carbocycles. The van der Waals surface area contributed by atoms with E-state index < -0.39 is 0 Å². The monoisotopic (exact) mass is 482 g/mol. The number of hydrogen-bond acceptors (Lipinski definition) is 5. The molecule has 36 heavy (non-hydrogen) atoms. The van der Waals surface area contributed by atoms with Crippen molar-refractivity contribution in [3.63, 3.8) is 0 Å². The van der Waals surface area contributed by atoms with Crippen LogP contribution in [0.15, 0.2) is 66.1 Å². The third-order valence-electron chi connectivity index (χ3n) is 6.96. The number of benzene rings is 1. The molecular weight excluding hydrogens is 448 g/mol. The fourth-order valence-electron chi connectivity index (χ4n) is 4.89. The summed E-state index contributed by atoms with van der Waals surface area (Å²) in [5, 5.41) is 4.00. The summed E-state index contributed by atoms with van der Waals surface area (Å²) in [6.07, 6.45) is 5.50. The first-order valence-corrected chi connectivity index (χ1v) is 12.4. The van der Waals surface area contributed by atoms with Crippen LogP contribution in [0.1, 0.15) is 37.6 Å². The Morgan fingerprint density at radius 3 is 2.64 bits per heavy atom. The second kappa shape index (κ2) is 9.06. The molecule has 1 aliphatic carbocycles. The molecular formula is C29H34N6O. The lowest BCUT2D eigenvalue weighted by atomic mass is 9.92. The molecule has 0 bridgehead atoms. The number of rotatable bonds is 6. The van der Waals surface area contributed by atoms with Crippen molar-refractivity contribution in [3.8, 4) is 5.82 Å². The smallest absolute Gasteiger partial charge is 0.276 e. The second-order valence-electron chi connectivity index (χ2n) is 10.8. The van der Waals surface area contributed by atoms with Gasteiger partial charge in [0.15, 0.2) is 5.82 Å². The first-order valence-electron chi connectivity index (χ1n) is 12.4. The maximum Gasteiger partial charge on any atom is 0.276 e. The summed E-state index contributed by atoms with van der Waals surface area (Å²) in [5.41, 5.74) is 5.26. The molecule has 1 aromatic carbocycles. The lowest BCUT2D eigenvalue weighted by Gasteiger charge is -2.19. The predicted molar refractivity (Wildman–Crippen MR) is 147 cm³/mol. The summed E-state index contributed by atoms with van der Waals surface area (Å²) in [5.74, 6) is 1.38. The van der Waals surface area contributed by atoms with Gasteiger partial charge in [0.1, 0.15) is 5.82 Å². The number of nitrogens with zero attached hydrogens (tertiary/aromatic N) is 5. The van der Waals surface area contributed by atoms with Crippen LogP contribution >= 0.6 is 0 Å². The largest absolute Gasteiger partial charge is 0.340 e. The van der Waals surface area contributed by atoms with E-state index in [9.17, 15) is 4.79 Å². The molecule has 1 aliphatic rings. The van der Waals surface area contributed by atoms with Crippen LogP contribution in [0.2, 0.25) is 0 Å².